The maximum atomic E-state index is 10.3. The Morgan fingerprint density at radius 1 is 1.45 bits per heavy atom. The lowest BCUT2D eigenvalue weighted by molar-refractivity contribution is -0.0868. The second-order valence-electron chi connectivity index (χ2n) is 4.99. The molecule has 0 radical (unpaired) electrons. The number of benzene rings is 1. The minimum absolute atomic E-state index is 0.0651. The van der Waals surface area contributed by atoms with Gasteiger partial charge in [0.2, 0.25) is 0 Å². The number of hydrogen-bond donors (Lipinski definition) is 2. The van der Waals surface area contributed by atoms with Gasteiger partial charge in [-0.05, 0) is 19.1 Å². The van der Waals surface area contributed by atoms with E-state index in [4.69, 9.17) is 14.2 Å². The van der Waals surface area contributed by atoms with E-state index in [9.17, 15) is 5.11 Å². The fraction of sp³-hybridized carbons (Fsp3) is 0.600. The molecule has 0 saturated carbocycles. The lowest BCUT2D eigenvalue weighted by atomic mass is 10.1. The van der Waals surface area contributed by atoms with Crippen molar-refractivity contribution in [1.82, 2.24) is 5.32 Å². The molecule has 5 nitrogen and oxygen atoms in total. The smallest absolute Gasteiger partial charge is 0.124 e. The van der Waals surface area contributed by atoms with E-state index in [1.165, 1.54) is 0 Å². The fourth-order valence-electron chi connectivity index (χ4n) is 2.26. The first-order valence-corrected chi connectivity index (χ1v) is 6.93. The summed E-state index contributed by atoms with van der Waals surface area (Å²) in [6.45, 7) is 5.04. The molecule has 0 aliphatic carbocycles. The van der Waals surface area contributed by atoms with Gasteiger partial charge in [0.25, 0.3) is 0 Å². The predicted molar refractivity (Wildman–Crippen MR) is 76.1 cm³/mol. The van der Waals surface area contributed by atoms with Crippen LogP contribution in [0, 0.1) is 6.92 Å². The Bertz CT molecular complexity index is 418. The van der Waals surface area contributed by atoms with Gasteiger partial charge in [-0.2, -0.15) is 0 Å². The average molecular weight is 281 g/mol. The molecule has 1 aliphatic heterocycles. The number of aliphatic hydroxyl groups excluding tert-OH is 1. The summed E-state index contributed by atoms with van der Waals surface area (Å²) in [4.78, 5) is 0. The number of aryl methyl sites for hydroxylation is 1. The highest BCUT2D eigenvalue weighted by Gasteiger charge is 2.16. The molecular formula is C15H23NO4. The zero-order chi connectivity index (χ0) is 14.4. The maximum Gasteiger partial charge on any atom is 0.124 e. The molecule has 1 aromatic carbocycles. The summed E-state index contributed by atoms with van der Waals surface area (Å²) in [6, 6.07) is 5.80. The van der Waals surface area contributed by atoms with Crippen molar-refractivity contribution in [3.05, 3.63) is 29.3 Å². The van der Waals surface area contributed by atoms with Crippen molar-refractivity contribution < 1.29 is 19.3 Å². The highest BCUT2D eigenvalue weighted by molar-refractivity contribution is 5.38. The molecule has 0 aromatic heterocycles. The summed E-state index contributed by atoms with van der Waals surface area (Å²) in [5, 5.41) is 13.5. The van der Waals surface area contributed by atoms with E-state index in [1.807, 2.05) is 25.1 Å². The molecule has 1 heterocycles. The second kappa shape index (κ2) is 7.59. The first-order valence-electron chi connectivity index (χ1n) is 6.93. The Labute approximate surface area is 119 Å². The van der Waals surface area contributed by atoms with Gasteiger partial charge < -0.3 is 24.6 Å². The number of hydrogen-bond acceptors (Lipinski definition) is 5. The van der Waals surface area contributed by atoms with Crippen LogP contribution < -0.4 is 10.1 Å². The first-order chi connectivity index (χ1) is 9.70. The molecule has 5 heteroatoms. The predicted octanol–water partition coefficient (Wildman–Crippen LogP) is 1.04. The Kier molecular flexibility index (Phi) is 5.79. The van der Waals surface area contributed by atoms with Gasteiger partial charge in [-0.15, -0.1) is 0 Å². The maximum absolute atomic E-state index is 10.3. The molecule has 2 rings (SSSR count). The minimum atomic E-state index is -0.602. The van der Waals surface area contributed by atoms with Crippen molar-refractivity contribution >= 4 is 0 Å². The normalized spacial score (nSPS) is 20.6. The topological polar surface area (TPSA) is 60.0 Å². The van der Waals surface area contributed by atoms with Crippen molar-refractivity contribution in [2.24, 2.45) is 0 Å². The summed E-state index contributed by atoms with van der Waals surface area (Å²) in [7, 11) is 1.61. The summed E-state index contributed by atoms with van der Waals surface area (Å²) < 4.78 is 16.1. The number of aliphatic hydroxyl groups is 1. The van der Waals surface area contributed by atoms with Crippen LogP contribution in [0.4, 0.5) is 0 Å². The van der Waals surface area contributed by atoms with Crippen LogP contribution in [0.15, 0.2) is 18.2 Å². The van der Waals surface area contributed by atoms with E-state index in [0.717, 1.165) is 11.1 Å². The van der Waals surface area contributed by atoms with E-state index in [0.29, 0.717) is 38.7 Å². The molecule has 2 unspecified atom stereocenters. The third-order valence-corrected chi connectivity index (χ3v) is 3.34. The fourth-order valence-corrected chi connectivity index (χ4v) is 2.26. The standard InChI is InChI=1S/C15H23NO4/c1-11-3-4-15(18-2)13(7-11)14(17)9-16-8-12-10-19-5-6-20-12/h3-4,7,12,14,16-17H,5-6,8-10H2,1-2H3. The van der Waals surface area contributed by atoms with Crippen molar-refractivity contribution in [2.75, 3.05) is 40.0 Å². The number of rotatable bonds is 6. The molecule has 1 fully saturated rings. The van der Waals surface area contributed by atoms with Crippen LogP contribution >= 0.6 is 0 Å². The molecule has 1 saturated heterocycles. The van der Waals surface area contributed by atoms with Crippen molar-refractivity contribution in [3.8, 4) is 5.75 Å². The van der Waals surface area contributed by atoms with Crippen molar-refractivity contribution in [2.45, 2.75) is 19.1 Å². The van der Waals surface area contributed by atoms with Crippen molar-refractivity contribution in [1.29, 1.82) is 0 Å². The zero-order valence-corrected chi connectivity index (χ0v) is 12.1. The molecule has 112 valence electrons. The monoisotopic (exact) mass is 281 g/mol. The van der Waals surface area contributed by atoms with Gasteiger partial charge in [0.05, 0.1) is 39.1 Å². The molecule has 2 N–H and O–H groups in total. The summed E-state index contributed by atoms with van der Waals surface area (Å²) in [5.74, 6) is 0.710. The van der Waals surface area contributed by atoms with Gasteiger partial charge >= 0.3 is 0 Å². The van der Waals surface area contributed by atoms with Crippen LogP contribution in [0.1, 0.15) is 17.2 Å². The zero-order valence-electron chi connectivity index (χ0n) is 12.1. The molecule has 0 spiro atoms. The minimum Gasteiger partial charge on any atom is -0.496 e. The molecule has 1 aliphatic rings. The van der Waals surface area contributed by atoms with Gasteiger partial charge in [0.1, 0.15) is 5.75 Å². The van der Waals surface area contributed by atoms with Gasteiger partial charge in [-0.3, -0.25) is 0 Å². The number of nitrogens with one attached hydrogen (secondary N) is 1. The van der Waals surface area contributed by atoms with Gasteiger partial charge in [0.15, 0.2) is 0 Å². The highest BCUT2D eigenvalue weighted by Crippen LogP contribution is 2.25. The van der Waals surface area contributed by atoms with E-state index in [-0.39, 0.29) is 6.10 Å². The Balaban J connectivity index is 1.84. The molecular weight excluding hydrogens is 258 g/mol. The molecule has 0 bridgehead atoms. The first kappa shape index (κ1) is 15.3. The molecule has 1 aromatic rings. The van der Waals surface area contributed by atoms with Crippen LogP contribution in [0.25, 0.3) is 0 Å². The summed E-state index contributed by atoms with van der Waals surface area (Å²) in [5.41, 5.74) is 1.91. The van der Waals surface area contributed by atoms with E-state index < -0.39 is 6.10 Å². The van der Waals surface area contributed by atoms with E-state index in [2.05, 4.69) is 5.32 Å². The van der Waals surface area contributed by atoms with Gasteiger partial charge in [-0.25, -0.2) is 0 Å². The van der Waals surface area contributed by atoms with Crippen LogP contribution in [0.5, 0.6) is 5.75 Å². The Hall–Kier alpha value is -1.14. The number of ether oxygens (including phenoxy) is 3. The van der Waals surface area contributed by atoms with Crippen LogP contribution in [-0.2, 0) is 9.47 Å². The summed E-state index contributed by atoms with van der Waals surface area (Å²) >= 11 is 0. The second-order valence-corrected chi connectivity index (χ2v) is 4.99. The van der Waals surface area contributed by atoms with E-state index >= 15 is 0 Å². The largest absolute Gasteiger partial charge is 0.496 e. The van der Waals surface area contributed by atoms with Gasteiger partial charge in [-0.1, -0.05) is 11.6 Å². The van der Waals surface area contributed by atoms with Crippen molar-refractivity contribution in [3.63, 3.8) is 0 Å². The molecule has 2 atom stereocenters. The third kappa shape index (κ3) is 4.18. The Morgan fingerprint density at radius 3 is 3.00 bits per heavy atom. The van der Waals surface area contributed by atoms with Gasteiger partial charge in [0, 0.05) is 18.7 Å². The lowest BCUT2D eigenvalue weighted by Crippen LogP contribution is -2.38. The quantitative estimate of drug-likeness (QED) is 0.816. The number of methoxy groups -OCH3 is 1. The molecule has 0 amide bonds. The van der Waals surface area contributed by atoms with Crippen LogP contribution in [0.2, 0.25) is 0 Å². The Morgan fingerprint density at radius 2 is 2.30 bits per heavy atom. The average Bonchev–Trinajstić information content (AvgIpc) is 2.48. The summed E-state index contributed by atoms with van der Waals surface area (Å²) in [6.07, 6.45) is -0.537. The third-order valence-electron chi connectivity index (χ3n) is 3.34. The SMILES string of the molecule is COc1ccc(C)cc1C(O)CNCC1COCCO1. The van der Waals surface area contributed by atoms with E-state index in [1.54, 1.807) is 7.11 Å². The molecule has 20 heavy (non-hydrogen) atoms. The van der Waals surface area contributed by atoms with Crippen LogP contribution in [-0.4, -0.2) is 51.2 Å². The highest BCUT2D eigenvalue weighted by atomic mass is 16.6. The lowest BCUT2D eigenvalue weighted by Gasteiger charge is -2.24. The van der Waals surface area contributed by atoms with Crippen LogP contribution in [0.3, 0.4) is 0 Å².